The van der Waals surface area contributed by atoms with Crippen molar-refractivity contribution < 1.29 is 19.0 Å². The van der Waals surface area contributed by atoms with Gasteiger partial charge in [0.05, 0.1) is 12.8 Å². The molecule has 6 nitrogen and oxygen atoms in total. The van der Waals surface area contributed by atoms with Crippen LogP contribution in [-0.2, 0) is 4.79 Å². The molecule has 0 aliphatic carbocycles. The molecule has 0 spiro atoms. The Morgan fingerprint density at radius 1 is 1.23 bits per heavy atom. The molecule has 6 heteroatoms. The zero-order valence-electron chi connectivity index (χ0n) is 14.7. The minimum atomic E-state index is -0.726. The molecule has 1 atom stereocenters. The number of hydrogen-bond acceptors (Lipinski definition) is 5. The van der Waals surface area contributed by atoms with Crippen LogP contribution in [0.4, 0.5) is 0 Å². The highest BCUT2D eigenvalue weighted by molar-refractivity contribution is 5.85. The van der Waals surface area contributed by atoms with E-state index in [-0.39, 0.29) is 12.5 Å². The third kappa shape index (κ3) is 4.75. The average molecular weight is 354 g/mol. The Kier molecular flexibility index (Phi) is 6.09. The fourth-order valence-corrected chi connectivity index (χ4v) is 2.38. The van der Waals surface area contributed by atoms with Crippen molar-refractivity contribution in [1.82, 2.24) is 5.43 Å². The first-order valence-corrected chi connectivity index (χ1v) is 8.70. The largest absolute Gasteiger partial charge is 0.494 e. The van der Waals surface area contributed by atoms with E-state index in [1.165, 1.54) is 0 Å². The van der Waals surface area contributed by atoms with Gasteiger partial charge in [-0.05, 0) is 48.4 Å². The number of carbonyl (C=O) groups is 1. The monoisotopic (exact) mass is 354 g/mol. The summed E-state index contributed by atoms with van der Waals surface area (Å²) in [4.78, 5) is 12.1. The van der Waals surface area contributed by atoms with E-state index >= 15 is 0 Å². The second-order valence-electron chi connectivity index (χ2n) is 5.87. The SMILES string of the molecule is CCCCOc1ccc(C=NNC(=O)C2COc3ccccc3O2)cc1. The van der Waals surface area contributed by atoms with Gasteiger partial charge in [-0.1, -0.05) is 25.5 Å². The molecule has 1 aliphatic heterocycles. The Morgan fingerprint density at radius 3 is 2.77 bits per heavy atom. The summed E-state index contributed by atoms with van der Waals surface area (Å²) in [6, 6.07) is 14.8. The van der Waals surface area contributed by atoms with Crippen molar-refractivity contribution in [3.8, 4) is 17.2 Å². The van der Waals surface area contributed by atoms with Crippen molar-refractivity contribution in [3.05, 3.63) is 54.1 Å². The summed E-state index contributed by atoms with van der Waals surface area (Å²) in [5, 5.41) is 3.98. The third-order valence-corrected chi connectivity index (χ3v) is 3.84. The maximum atomic E-state index is 12.1. The summed E-state index contributed by atoms with van der Waals surface area (Å²) in [7, 11) is 0. The lowest BCUT2D eigenvalue weighted by atomic mass is 10.2. The van der Waals surface area contributed by atoms with Crippen LogP contribution in [0.5, 0.6) is 17.2 Å². The highest BCUT2D eigenvalue weighted by Gasteiger charge is 2.26. The van der Waals surface area contributed by atoms with Gasteiger partial charge >= 0.3 is 0 Å². The number of amides is 1. The molecular weight excluding hydrogens is 332 g/mol. The van der Waals surface area contributed by atoms with Crippen molar-refractivity contribution in [2.45, 2.75) is 25.9 Å². The van der Waals surface area contributed by atoms with E-state index < -0.39 is 6.10 Å². The van der Waals surface area contributed by atoms with Gasteiger partial charge in [0.15, 0.2) is 11.5 Å². The van der Waals surface area contributed by atoms with Crippen molar-refractivity contribution >= 4 is 12.1 Å². The molecule has 1 amide bonds. The van der Waals surface area contributed by atoms with Gasteiger partial charge < -0.3 is 14.2 Å². The molecule has 1 unspecified atom stereocenters. The number of hydrogen-bond donors (Lipinski definition) is 1. The number of carbonyl (C=O) groups excluding carboxylic acids is 1. The van der Waals surface area contributed by atoms with Gasteiger partial charge in [0, 0.05) is 0 Å². The van der Waals surface area contributed by atoms with Crippen LogP contribution in [0.2, 0.25) is 0 Å². The van der Waals surface area contributed by atoms with Gasteiger partial charge in [-0.25, -0.2) is 5.43 Å². The Morgan fingerprint density at radius 2 is 2.00 bits per heavy atom. The fraction of sp³-hybridized carbons (Fsp3) is 0.300. The molecule has 2 aromatic rings. The predicted molar refractivity (Wildman–Crippen MR) is 98.9 cm³/mol. The molecular formula is C20H22N2O4. The van der Waals surface area contributed by atoms with Crippen LogP contribution < -0.4 is 19.6 Å². The van der Waals surface area contributed by atoms with Gasteiger partial charge in [-0.2, -0.15) is 5.10 Å². The van der Waals surface area contributed by atoms with Crippen LogP contribution in [0.1, 0.15) is 25.3 Å². The molecule has 0 aromatic heterocycles. The molecule has 0 saturated heterocycles. The molecule has 2 aromatic carbocycles. The van der Waals surface area contributed by atoms with E-state index in [1.54, 1.807) is 18.3 Å². The molecule has 136 valence electrons. The van der Waals surface area contributed by atoms with Gasteiger partial charge in [0.2, 0.25) is 6.10 Å². The topological polar surface area (TPSA) is 69.2 Å². The predicted octanol–water partition coefficient (Wildman–Crippen LogP) is 3.16. The highest BCUT2D eigenvalue weighted by Crippen LogP contribution is 2.30. The quantitative estimate of drug-likeness (QED) is 0.471. The number of para-hydroxylation sites is 2. The van der Waals surface area contributed by atoms with Crippen molar-refractivity contribution in [3.63, 3.8) is 0 Å². The van der Waals surface area contributed by atoms with Crippen LogP contribution in [0.25, 0.3) is 0 Å². The molecule has 1 N–H and O–H groups in total. The first-order valence-electron chi connectivity index (χ1n) is 8.70. The second kappa shape index (κ2) is 8.89. The Bertz CT molecular complexity index is 759. The van der Waals surface area contributed by atoms with Crippen LogP contribution >= 0.6 is 0 Å². The number of hydrazone groups is 1. The number of benzene rings is 2. The molecule has 3 rings (SSSR count). The highest BCUT2D eigenvalue weighted by atomic mass is 16.6. The molecule has 26 heavy (non-hydrogen) atoms. The van der Waals surface area contributed by atoms with Crippen molar-refractivity contribution in [1.29, 1.82) is 0 Å². The maximum Gasteiger partial charge on any atom is 0.284 e. The van der Waals surface area contributed by atoms with E-state index in [0.717, 1.165) is 24.2 Å². The molecule has 0 fully saturated rings. The number of ether oxygens (including phenoxy) is 3. The smallest absolute Gasteiger partial charge is 0.284 e. The summed E-state index contributed by atoms with van der Waals surface area (Å²) >= 11 is 0. The lowest BCUT2D eigenvalue weighted by molar-refractivity contribution is -0.130. The van der Waals surface area contributed by atoms with Gasteiger partial charge in [0.1, 0.15) is 12.4 Å². The lowest BCUT2D eigenvalue weighted by Gasteiger charge is -2.24. The van der Waals surface area contributed by atoms with E-state index in [4.69, 9.17) is 14.2 Å². The summed E-state index contributed by atoms with van der Waals surface area (Å²) in [5.74, 6) is 1.67. The molecule has 0 radical (unpaired) electrons. The second-order valence-corrected chi connectivity index (χ2v) is 5.87. The number of nitrogens with one attached hydrogen (secondary N) is 1. The summed E-state index contributed by atoms with van der Waals surface area (Å²) < 4.78 is 16.8. The van der Waals surface area contributed by atoms with Gasteiger partial charge in [0.25, 0.3) is 5.91 Å². The van der Waals surface area contributed by atoms with E-state index in [9.17, 15) is 4.79 Å². The molecule has 0 bridgehead atoms. The van der Waals surface area contributed by atoms with Crippen LogP contribution in [0.15, 0.2) is 53.6 Å². The number of rotatable bonds is 7. The lowest BCUT2D eigenvalue weighted by Crippen LogP contribution is -2.42. The van der Waals surface area contributed by atoms with E-state index in [2.05, 4.69) is 17.5 Å². The Hall–Kier alpha value is -3.02. The maximum absolute atomic E-state index is 12.1. The normalized spacial score (nSPS) is 15.7. The zero-order chi connectivity index (χ0) is 18.2. The van der Waals surface area contributed by atoms with E-state index in [0.29, 0.717) is 18.1 Å². The van der Waals surface area contributed by atoms with Gasteiger partial charge in [-0.3, -0.25) is 4.79 Å². The average Bonchev–Trinajstić information content (AvgIpc) is 2.69. The Labute approximate surface area is 152 Å². The minimum absolute atomic E-state index is 0.155. The summed E-state index contributed by atoms with van der Waals surface area (Å²) in [6.45, 7) is 3.00. The first-order chi connectivity index (χ1) is 12.8. The molecule has 0 saturated carbocycles. The third-order valence-electron chi connectivity index (χ3n) is 3.84. The standard InChI is InChI=1S/C20H22N2O4/c1-2-3-12-24-16-10-8-15(9-11-16)13-21-22-20(23)19-14-25-17-6-4-5-7-18(17)26-19/h4-11,13,19H,2-3,12,14H2,1H3,(H,22,23). The minimum Gasteiger partial charge on any atom is -0.494 e. The van der Waals surface area contributed by atoms with Crippen molar-refractivity contribution in [2.24, 2.45) is 5.10 Å². The van der Waals surface area contributed by atoms with Crippen molar-refractivity contribution in [2.75, 3.05) is 13.2 Å². The molecule has 1 heterocycles. The molecule has 1 aliphatic rings. The van der Waals surface area contributed by atoms with Crippen LogP contribution in [0.3, 0.4) is 0 Å². The zero-order valence-corrected chi connectivity index (χ0v) is 14.7. The van der Waals surface area contributed by atoms with Gasteiger partial charge in [-0.15, -0.1) is 0 Å². The van der Waals surface area contributed by atoms with E-state index in [1.807, 2.05) is 36.4 Å². The number of fused-ring (bicyclic) bond motifs is 1. The summed E-state index contributed by atoms with van der Waals surface area (Å²) in [5.41, 5.74) is 3.34. The number of unbranched alkanes of at least 4 members (excludes halogenated alkanes) is 1. The first kappa shape index (κ1) is 17.8. The Balaban J connectivity index is 1.48. The van der Waals surface area contributed by atoms with Crippen LogP contribution in [-0.4, -0.2) is 31.4 Å². The number of nitrogens with zero attached hydrogens (tertiary/aromatic N) is 1. The van der Waals surface area contributed by atoms with Crippen LogP contribution in [0, 0.1) is 0 Å². The summed E-state index contributed by atoms with van der Waals surface area (Å²) in [6.07, 6.45) is 2.99. The fourth-order valence-electron chi connectivity index (χ4n) is 2.38.